The van der Waals surface area contributed by atoms with Gasteiger partial charge in [-0.3, -0.25) is 9.59 Å². The van der Waals surface area contributed by atoms with Crippen LogP contribution in [0.3, 0.4) is 0 Å². The Bertz CT molecular complexity index is 336. The third-order valence-electron chi connectivity index (χ3n) is 4.01. The summed E-state index contributed by atoms with van der Waals surface area (Å²) >= 11 is -0.942. The molecule has 0 aromatic rings. The van der Waals surface area contributed by atoms with Crippen LogP contribution in [0.15, 0.2) is 0 Å². The summed E-state index contributed by atoms with van der Waals surface area (Å²) in [5.74, 6) is -0.545. The van der Waals surface area contributed by atoms with Gasteiger partial charge in [-0.15, -0.1) is 0 Å². The summed E-state index contributed by atoms with van der Waals surface area (Å²) in [6.07, 6.45) is 2.49. The summed E-state index contributed by atoms with van der Waals surface area (Å²) < 4.78 is 9.97. The summed E-state index contributed by atoms with van der Waals surface area (Å²) in [4.78, 5) is 23.5. The summed E-state index contributed by atoms with van der Waals surface area (Å²) in [6.45, 7) is 6.55. The van der Waals surface area contributed by atoms with Gasteiger partial charge in [0.25, 0.3) is 11.9 Å². The molecule has 2 N–H and O–H groups in total. The molecule has 5 nitrogen and oxygen atoms in total. The van der Waals surface area contributed by atoms with E-state index in [1.54, 1.807) is 0 Å². The molecule has 2 rings (SSSR count). The van der Waals surface area contributed by atoms with Crippen LogP contribution in [-0.2, 0) is 17.2 Å². The normalized spacial score (nSPS) is 32.1. The molecular formula is C12H20AlO5. The lowest BCUT2D eigenvalue weighted by Gasteiger charge is -2.39. The maximum absolute atomic E-state index is 11.8. The number of rotatable bonds is 0. The van der Waals surface area contributed by atoms with E-state index >= 15 is 0 Å². The average Bonchev–Trinajstić information content (AvgIpc) is 2.39. The number of hydrogen-bond donors (Lipinski definition) is 0. The van der Waals surface area contributed by atoms with Crippen molar-refractivity contribution in [3.05, 3.63) is 0 Å². The van der Waals surface area contributed by atoms with Gasteiger partial charge in [-0.05, 0) is 30.6 Å². The van der Waals surface area contributed by atoms with Crippen LogP contribution in [0, 0.1) is 23.2 Å². The maximum Gasteiger partial charge on any atom is 0.885 e. The fourth-order valence-corrected chi connectivity index (χ4v) is 3.38. The average molecular weight is 271 g/mol. The van der Waals surface area contributed by atoms with Crippen molar-refractivity contribution >= 4 is 27.8 Å². The Kier molecular flexibility index (Phi) is 4.82. The van der Waals surface area contributed by atoms with Gasteiger partial charge in [0.15, 0.2) is 0 Å². The Balaban J connectivity index is 0.00000162. The van der Waals surface area contributed by atoms with Crippen LogP contribution in [0.5, 0.6) is 0 Å². The molecule has 1 radical (unpaired) electrons. The highest BCUT2D eigenvalue weighted by Crippen LogP contribution is 2.44. The minimum atomic E-state index is -0.942. The van der Waals surface area contributed by atoms with E-state index in [1.807, 2.05) is 0 Å². The van der Waals surface area contributed by atoms with Crippen molar-refractivity contribution in [1.29, 1.82) is 0 Å². The van der Waals surface area contributed by atoms with Crippen molar-refractivity contribution in [3.63, 3.8) is 0 Å². The summed E-state index contributed by atoms with van der Waals surface area (Å²) in [5, 5.41) is 0. The van der Waals surface area contributed by atoms with Gasteiger partial charge < -0.3 is 13.1 Å². The second-order valence-electron chi connectivity index (χ2n) is 6.06. The Morgan fingerprint density at radius 1 is 1.06 bits per heavy atom. The molecular weight excluding hydrogens is 251 g/mol. The second-order valence-corrected chi connectivity index (χ2v) is 6.72. The van der Waals surface area contributed by atoms with E-state index in [2.05, 4.69) is 20.8 Å². The topological polar surface area (TPSA) is 84.1 Å². The molecule has 1 saturated heterocycles. The Morgan fingerprint density at radius 3 is 2.17 bits per heavy atom. The first-order chi connectivity index (χ1) is 7.89. The zero-order chi connectivity index (χ0) is 12.6. The van der Waals surface area contributed by atoms with E-state index in [0.717, 1.165) is 19.3 Å². The molecule has 2 aliphatic rings. The van der Waals surface area contributed by atoms with E-state index in [-0.39, 0.29) is 34.7 Å². The van der Waals surface area contributed by atoms with Gasteiger partial charge >= 0.3 is 15.9 Å². The first kappa shape index (κ1) is 15.5. The number of hydrogen-bond acceptors (Lipinski definition) is 4. The van der Waals surface area contributed by atoms with Crippen LogP contribution in [0.25, 0.3) is 0 Å². The molecule has 1 aliphatic heterocycles. The third kappa shape index (κ3) is 3.06. The molecule has 0 amide bonds. The highest BCUT2D eigenvalue weighted by Gasteiger charge is 2.45. The smallest absolute Gasteiger partial charge is 0.589 e. The van der Waals surface area contributed by atoms with E-state index in [0.29, 0.717) is 5.92 Å². The van der Waals surface area contributed by atoms with Crippen molar-refractivity contribution in [2.45, 2.75) is 40.0 Å². The van der Waals surface area contributed by atoms with Crippen LogP contribution in [0.2, 0.25) is 0 Å². The molecule has 6 heteroatoms. The van der Waals surface area contributed by atoms with Crippen molar-refractivity contribution in [1.82, 2.24) is 0 Å². The standard InChI is InChI=1S/C12H20O4.Al.H2O/c1-12(2,3)7-4-5-8(10(13)14)9(6-7)11(15)16;;/h7-9H,4-6H2,1-3H3,(H,13,14)(H,15,16);;1H2/q;+2;/p-2. The number of carbonyl (C=O) groups excluding carboxylic acids is 2. The summed E-state index contributed by atoms with van der Waals surface area (Å²) in [6, 6.07) is 0. The molecule has 1 heterocycles. The molecule has 2 fully saturated rings. The van der Waals surface area contributed by atoms with Crippen molar-refractivity contribution in [3.8, 4) is 0 Å². The van der Waals surface area contributed by atoms with Gasteiger partial charge in [0.2, 0.25) is 0 Å². The van der Waals surface area contributed by atoms with Gasteiger partial charge in [0, 0.05) is 0 Å². The van der Waals surface area contributed by atoms with Gasteiger partial charge in [-0.1, -0.05) is 20.8 Å². The molecule has 1 aliphatic carbocycles. The predicted molar refractivity (Wildman–Crippen MR) is 65.3 cm³/mol. The highest BCUT2D eigenvalue weighted by atomic mass is 27.2. The molecule has 0 bridgehead atoms. The van der Waals surface area contributed by atoms with Crippen molar-refractivity contribution < 1.29 is 22.6 Å². The van der Waals surface area contributed by atoms with E-state index < -0.39 is 15.9 Å². The molecule has 0 spiro atoms. The lowest BCUT2D eigenvalue weighted by Crippen LogP contribution is -2.38. The summed E-state index contributed by atoms with van der Waals surface area (Å²) in [7, 11) is 0. The fourth-order valence-electron chi connectivity index (χ4n) is 2.79. The molecule has 3 atom stereocenters. The Hall–Kier alpha value is -0.568. The lowest BCUT2D eigenvalue weighted by molar-refractivity contribution is -0.148. The zero-order valence-electron chi connectivity index (χ0n) is 11.1. The second kappa shape index (κ2) is 5.60. The van der Waals surface area contributed by atoms with Crippen LogP contribution in [0.1, 0.15) is 40.0 Å². The number of carbonyl (C=O) groups is 2. The molecule has 0 aromatic heterocycles. The zero-order valence-corrected chi connectivity index (χ0v) is 12.2. The first-order valence-electron chi connectivity index (χ1n) is 6.12. The van der Waals surface area contributed by atoms with E-state index in [1.165, 1.54) is 0 Å². The predicted octanol–water partition coefficient (Wildman–Crippen LogP) is 0.874. The number of fused-ring (bicyclic) bond motifs is 1. The molecule has 101 valence electrons. The minimum absolute atomic E-state index is 0. The van der Waals surface area contributed by atoms with E-state index in [9.17, 15) is 9.59 Å². The molecule has 18 heavy (non-hydrogen) atoms. The SMILES string of the molecule is CC(C)(C)C1CCC2C(=O)[O][Al][O]C(=O)C2C1.O. The summed E-state index contributed by atoms with van der Waals surface area (Å²) in [5.41, 5.74) is 0.175. The van der Waals surface area contributed by atoms with Gasteiger partial charge in [-0.25, -0.2) is 0 Å². The van der Waals surface area contributed by atoms with Crippen molar-refractivity contribution in [2.24, 2.45) is 23.2 Å². The fraction of sp³-hybridized carbons (Fsp3) is 0.833. The largest absolute Gasteiger partial charge is 0.885 e. The van der Waals surface area contributed by atoms with Gasteiger partial charge in [0.1, 0.15) is 0 Å². The van der Waals surface area contributed by atoms with Crippen LogP contribution in [0.4, 0.5) is 0 Å². The minimum Gasteiger partial charge on any atom is -0.589 e. The molecule has 1 saturated carbocycles. The lowest BCUT2D eigenvalue weighted by atomic mass is 9.65. The first-order valence-corrected chi connectivity index (χ1v) is 7.06. The molecule has 3 unspecified atom stereocenters. The van der Waals surface area contributed by atoms with E-state index in [4.69, 9.17) is 7.58 Å². The third-order valence-corrected chi connectivity index (χ3v) is 4.67. The Morgan fingerprint density at radius 2 is 1.61 bits per heavy atom. The van der Waals surface area contributed by atoms with Crippen LogP contribution >= 0.6 is 0 Å². The van der Waals surface area contributed by atoms with Gasteiger partial charge in [-0.2, -0.15) is 0 Å². The Labute approximate surface area is 114 Å². The monoisotopic (exact) mass is 271 g/mol. The quantitative estimate of drug-likeness (QED) is 0.612. The maximum atomic E-state index is 11.8. The van der Waals surface area contributed by atoms with Crippen LogP contribution < -0.4 is 0 Å². The van der Waals surface area contributed by atoms with Crippen LogP contribution in [-0.4, -0.2) is 33.3 Å². The molecule has 0 aromatic carbocycles. The highest BCUT2D eigenvalue weighted by molar-refractivity contribution is 6.27. The van der Waals surface area contributed by atoms with Crippen molar-refractivity contribution in [2.75, 3.05) is 0 Å². The van der Waals surface area contributed by atoms with Gasteiger partial charge in [0.05, 0.1) is 11.8 Å².